The Morgan fingerprint density at radius 2 is 1.89 bits per heavy atom. The summed E-state index contributed by atoms with van der Waals surface area (Å²) < 4.78 is 29.5. The molecule has 8 nitrogen and oxygen atoms in total. The van der Waals surface area contributed by atoms with Crippen LogP contribution in [0.25, 0.3) is 0 Å². The van der Waals surface area contributed by atoms with Gasteiger partial charge in [-0.25, -0.2) is 9.97 Å². The van der Waals surface area contributed by atoms with Crippen LogP contribution in [-0.2, 0) is 10.3 Å². The molecule has 1 aromatic heterocycles. The number of carbonyl (C=O) groups is 2. The molecule has 0 atom stereocenters. The zero-order chi connectivity index (χ0) is 20.1. The zero-order valence-corrected chi connectivity index (χ0v) is 15.0. The highest BCUT2D eigenvalue weighted by Crippen LogP contribution is 2.44. The largest absolute Gasteiger partial charge is 0.497 e. The first kappa shape index (κ1) is 19.5. The molecule has 0 unspecified atom stereocenters. The fourth-order valence-electron chi connectivity index (χ4n) is 2.91. The maximum absolute atomic E-state index is 12.1. The molecule has 0 saturated heterocycles. The fraction of sp³-hybridized carbons (Fsp3) is 0.333. The quantitative estimate of drug-likeness (QED) is 0.651. The number of amides is 2. The van der Waals surface area contributed by atoms with E-state index in [4.69, 9.17) is 4.74 Å². The first-order valence-corrected chi connectivity index (χ1v) is 8.57. The third-order valence-corrected chi connectivity index (χ3v) is 4.59. The number of hydrogen-bond acceptors (Lipinski definition) is 6. The van der Waals surface area contributed by atoms with Crippen LogP contribution in [0, 0.1) is 0 Å². The van der Waals surface area contributed by atoms with E-state index in [1.165, 1.54) is 12.4 Å². The van der Waals surface area contributed by atoms with Crippen molar-refractivity contribution in [3.63, 3.8) is 0 Å². The SMILES string of the molecule is COc1cccc(C2(Nc3ncc(C(=O)NNC(=O)C(F)F)cn3)CCC2)c1. The van der Waals surface area contributed by atoms with E-state index in [0.29, 0.717) is 5.95 Å². The summed E-state index contributed by atoms with van der Waals surface area (Å²) >= 11 is 0. The highest BCUT2D eigenvalue weighted by atomic mass is 19.3. The summed E-state index contributed by atoms with van der Waals surface area (Å²) in [5.41, 5.74) is 4.24. The van der Waals surface area contributed by atoms with Crippen molar-refractivity contribution in [2.24, 2.45) is 0 Å². The van der Waals surface area contributed by atoms with Crippen molar-refractivity contribution in [2.75, 3.05) is 12.4 Å². The second-order valence-corrected chi connectivity index (χ2v) is 6.33. The van der Waals surface area contributed by atoms with Gasteiger partial charge in [-0.05, 0) is 37.0 Å². The average molecular weight is 391 g/mol. The van der Waals surface area contributed by atoms with Gasteiger partial charge in [0.2, 0.25) is 5.95 Å². The Balaban J connectivity index is 1.67. The third-order valence-electron chi connectivity index (χ3n) is 4.59. The lowest BCUT2D eigenvalue weighted by molar-refractivity contribution is -0.132. The highest BCUT2D eigenvalue weighted by molar-refractivity contribution is 5.95. The normalized spacial score (nSPS) is 14.7. The Morgan fingerprint density at radius 3 is 2.46 bits per heavy atom. The van der Waals surface area contributed by atoms with Crippen LogP contribution in [0.5, 0.6) is 5.75 Å². The molecular formula is C18H19F2N5O3. The van der Waals surface area contributed by atoms with E-state index in [-0.39, 0.29) is 11.1 Å². The Labute approximate surface area is 159 Å². The van der Waals surface area contributed by atoms with Gasteiger partial charge in [0.25, 0.3) is 5.91 Å². The van der Waals surface area contributed by atoms with Crippen molar-refractivity contribution in [3.05, 3.63) is 47.8 Å². The molecule has 1 saturated carbocycles. The minimum atomic E-state index is -3.22. The van der Waals surface area contributed by atoms with Crippen LogP contribution in [-0.4, -0.2) is 35.3 Å². The van der Waals surface area contributed by atoms with E-state index in [0.717, 1.165) is 30.6 Å². The van der Waals surface area contributed by atoms with Gasteiger partial charge in [0.15, 0.2) is 0 Å². The molecule has 10 heteroatoms. The molecule has 3 N–H and O–H groups in total. The molecule has 28 heavy (non-hydrogen) atoms. The summed E-state index contributed by atoms with van der Waals surface area (Å²) in [6.07, 6.45) is 2.11. The number of ether oxygens (including phenoxy) is 1. The Morgan fingerprint density at radius 1 is 1.18 bits per heavy atom. The molecule has 148 valence electrons. The molecule has 0 radical (unpaired) electrons. The van der Waals surface area contributed by atoms with Gasteiger partial charge in [-0.1, -0.05) is 12.1 Å². The summed E-state index contributed by atoms with van der Waals surface area (Å²) in [5, 5.41) is 3.31. The lowest BCUT2D eigenvalue weighted by atomic mass is 9.72. The first-order chi connectivity index (χ1) is 13.4. The summed E-state index contributed by atoms with van der Waals surface area (Å²) in [5.74, 6) is -1.32. The number of anilines is 1. The van der Waals surface area contributed by atoms with Gasteiger partial charge in [-0.2, -0.15) is 8.78 Å². The van der Waals surface area contributed by atoms with Gasteiger partial charge in [-0.15, -0.1) is 0 Å². The summed E-state index contributed by atoms with van der Waals surface area (Å²) in [4.78, 5) is 30.9. The van der Waals surface area contributed by atoms with Crippen molar-refractivity contribution in [1.29, 1.82) is 0 Å². The topological polar surface area (TPSA) is 105 Å². The minimum Gasteiger partial charge on any atom is -0.497 e. The van der Waals surface area contributed by atoms with E-state index >= 15 is 0 Å². The van der Waals surface area contributed by atoms with E-state index in [1.807, 2.05) is 29.7 Å². The van der Waals surface area contributed by atoms with Crippen molar-refractivity contribution in [3.8, 4) is 5.75 Å². The molecule has 1 aromatic carbocycles. The fourth-order valence-corrected chi connectivity index (χ4v) is 2.91. The monoisotopic (exact) mass is 391 g/mol. The number of nitrogens with zero attached hydrogens (tertiary/aromatic N) is 2. The van der Waals surface area contributed by atoms with Crippen LogP contribution in [0.1, 0.15) is 35.2 Å². The molecular weight excluding hydrogens is 372 g/mol. The minimum absolute atomic E-state index is 0.0177. The third kappa shape index (κ3) is 4.16. The summed E-state index contributed by atoms with van der Waals surface area (Å²) in [7, 11) is 1.61. The van der Waals surface area contributed by atoms with Crippen LogP contribution in [0.15, 0.2) is 36.7 Å². The number of hydrazine groups is 1. The number of benzene rings is 1. The number of nitrogens with one attached hydrogen (secondary N) is 3. The van der Waals surface area contributed by atoms with Gasteiger partial charge < -0.3 is 10.1 Å². The van der Waals surface area contributed by atoms with E-state index in [2.05, 4.69) is 15.3 Å². The van der Waals surface area contributed by atoms with Crippen LogP contribution in [0.2, 0.25) is 0 Å². The van der Waals surface area contributed by atoms with E-state index < -0.39 is 18.2 Å². The van der Waals surface area contributed by atoms with Crippen LogP contribution in [0.3, 0.4) is 0 Å². The summed E-state index contributed by atoms with van der Waals surface area (Å²) in [6.45, 7) is 0. The van der Waals surface area contributed by atoms with Crippen molar-refractivity contribution in [1.82, 2.24) is 20.8 Å². The van der Waals surface area contributed by atoms with Crippen molar-refractivity contribution < 1.29 is 23.1 Å². The molecule has 1 aliphatic carbocycles. The van der Waals surface area contributed by atoms with Gasteiger partial charge in [0, 0.05) is 12.4 Å². The van der Waals surface area contributed by atoms with Crippen LogP contribution >= 0.6 is 0 Å². The second-order valence-electron chi connectivity index (χ2n) is 6.33. The van der Waals surface area contributed by atoms with E-state index in [1.54, 1.807) is 12.5 Å². The molecule has 3 rings (SSSR count). The predicted octanol–water partition coefficient (Wildman–Crippen LogP) is 2.00. The molecule has 0 spiro atoms. The lowest BCUT2D eigenvalue weighted by Gasteiger charge is -2.43. The predicted molar refractivity (Wildman–Crippen MR) is 95.8 cm³/mol. The zero-order valence-electron chi connectivity index (χ0n) is 15.0. The van der Waals surface area contributed by atoms with Crippen LogP contribution < -0.4 is 20.9 Å². The van der Waals surface area contributed by atoms with Crippen LogP contribution in [0.4, 0.5) is 14.7 Å². The molecule has 0 bridgehead atoms. The molecule has 2 aromatic rings. The number of alkyl halides is 2. The Kier molecular flexibility index (Phi) is 5.67. The van der Waals surface area contributed by atoms with Gasteiger partial charge >= 0.3 is 12.3 Å². The molecule has 2 amide bonds. The van der Waals surface area contributed by atoms with Crippen molar-refractivity contribution in [2.45, 2.75) is 31.2 Å². The maximum atomic E-state index is 12.1. The highest BCUT2D eigenvalue weighted by Gasteiger charge is 2.39. The molecule has 1 heterocycles. The number of hydrogen-bond donors (Lipinski definition) is 3. The number of methoxy groups -OCH3 is 1. The van der Waals surface area contributed by atoms with E-state index in [9.17, 15) is 18.4 Å². The Bertz CT molecular complexity index is 857. The number of carbonyl (C=O) groups excluding carboxylic acids is 2. The van der Waals surface area contributed by atoms with Gasteiger partial charge in [-0.3, -0.25) is 20.4 Å². The number of aromatic nitrogens is 2. The first-order valence-electron chi connectivity index (χ1n) is 8.57. The number of halogens is 2. The van der Waals surface area contributed by atoms with Crippen molar-refractivity contribution >= 4 is 17.8 Å². The molecule has 1 aliphatic rings. The maximum Gasteiger partial charge on any atom is 0.317 e. The molecule has 0 aliphatic heterocycles. The smallest absolute Gasteiger partial charge is 0.317 e. The standard InChI is InChI=1S/C18H19F2N5O3/c1-28-13-5-2-4-12(8-13)18(6-3-7-18)23-17-21-9-11(10-22-17)15(26)24-25-16(27)14(19)20/h2,4-5,8-10,14H,3,6-7H2,1H3,(H,24,26)(H,25,27)(H,21,22,23). The Hall–Kier alpha value is -3.30. The van der Waals surface area contributed by atoms with Gasteiger partial charge in [0.05, 0.1) is 18.2 Å². The van der Waals surface area contributed by atoms with Gasteiger partial charge in [0.1, 0.15) is 5.75 Å². The molecule has 1 fully saturated rings. The lowest BCUT2D eigenvalue weighted by Crippen LogP contribution is -2.44. The second kappa shape index (κ2) is 8.15. The summed E-state index contributed by atoms with van der Waals surface area (Å²) in [6, 6.07) is 7.74. The number of rotatable bonds is 6. The average Bonchev–Trinajstić information content (AvgIpc) is 2.69.